The number of hydrogen-bond acceptors (Lipinski definition) is 3. The fourth-order valence-corrected chi connectivity index (χ4v) is 1.87. The molecule has 0 aliphatic carbocycles. The monoisotopic (exact) mass is 269 g/mol. The molecule has 1 aromatic rings. The Morgan fingerprint density at radius 1 is 1.21 bits per heavy atom. The highest BCUT2D eigenvalue weighted by Crippen LogP contribution is 2.36. The van der Waals surface area contributed by atoms with Crippen molar-refractivity contribution in [2.75, 3.05) is 0 Å². The Labute approximate surface area is 112 Å². The van der Waals surface area contributed by atoms with Crippen molar-refractivity contribution >= 4 is 12.6 Å². The van der Waals surface area contributed by atoms with Gasteiger partial charge in [-0.05, 0) is 34.6 Å². The molecule has 0 amide bonds. The zero-order valence-electron chi connectivity index (χ0n) is 11.8. The van der Waals surface area contributed by atoms with Gasteiger partial charge in [0.2, 0.25) is 5.95 Å². The van der Waals surface area contributed by atoms with Crippen molar-refractivity contribution in [3.05, 3.63) is 23.8 Å². The molecule has 1 atom stereocenters. The van der Waals surface area contributed by atoms with E-state index in [0.29, 0.717) is 5.46 Å². The van der Waals surface area contributed by atoms with E-state index < -0.39 is 30.4 Å². The van der Waals surface area contributed by atoms with E-state index in [-0.39, 0.29) is 5.56 Å². The van der Waals surface area contributed by atoms with Gasteiger partial charge < -0.3 is 9.31 Å². The van der Waals surface area contributed by atoms with Crippen LogP contribution in [0, 0.1) is 5.95 Å². The van der Waals surface area contributed by atoms with Gasteiger partial charge in [0.1, 0.15) is 6.17 Å². The van der Waals surface area contributed by atoms with E-state index >= 15 is 0 Å². The standard InChI is InChI=1S/C13H18BF2NO2/c1-8(15)10-6-9(7-17-11(10)16)14-18-12(2,3)13(4,5)19-14/h6-8H,1-5H3. The maximum Gasteiger partial charge on any atom is 0.496 e. The Kier molecular flexibility index (Phi) is 3.43. The second kappa shape index (κ2) is 4.53. The first-order chi connectivity index (χ1) is 8.64. The van der Waals surface area contributed by atoms with Gasteiger partial charge in [0.15, 0.2) is 0 Å². The van der Waals surface area contributed by atoms with Crippen molar-refractivity contribution in [1.29, 1.82) is 0 Å². The van der Waals surface area contributed by atoms with Crippen molar-refractivity contribution in [3.63, 3.8) is 0 Å². The van der Waals surface area contributed by atoms with Crippen LogP contribution in [0.4, 0.5) is 8.78 Å². The molecule has 1 saturated heterocycles. The summed E-state index contributed by atoms with van der Waals surface area (Å²) in [7, 11) is -0.657. The summed E-state index contributed by atoms with van der Waals surface area (Å²) in [4.78, 5) is 3.57. The maximum absolute atomic E-state index is 13.4. The highest BCUT2D eigenvalue weighted by Gasteiger charge is 2.51. The third kappa shape index (κ3) is 2.51. The number of halogens is 2. The van der Waals surface area contributed by atoms with Crippen LogP contribution in [0.15, 0.2) is 12.3 Å². The zero-order valence-corrected chi connectivity index (χ0v) is 11.8. The van der Waals surface area contributed by atoms with Gasteiger partial charge in [-0.2, -0.15) is 4.39 Å². The molecular formula is C13H18BF2NO2. The Bertz CT molecular complexity index is 476. The SMILES string of the molecule is CC(F)c1cc(B2OC(C)(C)C(C)(C)O2)cnc1F. The number of aromatic nitrogens is 1. The third-order valence-corrected chi connectivity index (χ3v) is 3.84. The second-order valence-electron chi connectivity index (χ2n) is 5.85. The third-order valence-electron chi connectivity index (χ3n) is 3.84. The number of alkyl halides is 1. The van der Waals surface area contributed by atoms with Crippen LogP contribution < -0.4 is 5.46 Å². The minimum atomic E-state index is -1.42. The highest BCUT2D eigenvalue weighted by molar-refractivity contribution is 6.62. The molecule has 0 spiro atoms. The molecule has 104 valence electrons. The predicted octanol–water partition coefficient (Wildman–Crippen LogP) is 2.55. The van der Waals surface area contributed by atoms with Crippen molar-refractivity contribution in [3.8, 4) is 0 Å². The van der Waals surface area contributed by atoms with Gasteiger partial charge in [0, 0.05) is 17.2 Å². The van der Waals surface area contributed by atoms with Gasteiger partial charge in [-0.3, -0.25) is 0 Å². The molecule has 1 aromatic heterocycles. The molecule has 3 nitrogen and oxygen atoms in total. The van der Waals surface area contributed by atoms with Gasteiger partial charge in [-0.15, -0.1) is 0 Å². The van der Waals surface area contributed by atoms with Crippen LogP contribution in [0.3, 0.4) is 0 Å². The van der Waals surface area contributed by atoms with Gasteiger partial charge in [-0.1, -0.05) is 6.07 Å². The molecule has 0 saturated carbocycles. The molecule has 19 heavy (non-hydrogen) atoms. The lowest BCUT2D eigenvalue weighted by molar-refractivity contribution is 0.00578. The van der Waals surface area contributed by atoms with E-state index in [9.17, 15) is 8.78 Å². The summed E-state index contributed by atoms with van der Waals surface area (Å²) < 4.78 is 38.3. The molecule has 0 bridgehead atoms. The van der Waals surface area contributed by atoms with Crippen LogP contribution in [0.1, 0.15) is 46.4 Å². The van der Waals surface area contributed by atoms with Gasteiger partial charge in [0.25, 0.3) is 0 Å². The highest BCUT2D eigenvalue weighted by atomic mass is 19.1. The first-order valence-corrected chi connectivity index (χ1v) is 6.29. The summed E-state index contributed by atoms with van der Waals surface area (Å²) in [5, 5.41) is 0. The smallest absolute Gasteiger partial charge is 0.399 e. The second-order valence-corrected chi connectivity index (χ2v) is 5.85. The zero-order chi connectivity index (χ0) is 14.4. The van der Waals surface area contributed by atoms with Crippen LogP contribution in [-0.4, -0.2) is 23.3 Å². The van der Waals surface area contributed by atoms with Crippen molar-refractivity contribution < 1.29 is 18.1 Å². The van der Waals surface area contributed by atoms with E-state index in [4.69, 9.17) is 9.31 Å². The summed E-state index contributed by atoms with van der Waals surface area (Å²) in [5.74, 6) is -0.796. The van der Waals surface area contributed by atoms with E-state index in [1.807, 2.05) is 27.7 Å². The number of rotatable bonds is 2. The molecule has 0 aromatic carbocycles. The molecule has 0 radical (unpaired) electrons. The molecular weight excluding hydrogens is 251 g/mol. The Balaban J connectivity index is 2.32. The molecule has 6 heteroatoms. The van der Waals surface area contributed by atoms with Gasteiger partial charge in [0.05, 0.1) is 11.2 Å². The molecule has 2 heterocycles. The lowest BCUT2D eigenvalue weighted by Crippen LogP contribution is -2.41. The minimum absolute atomic E-state index is 0.0767. The quantitative estimate of drug-likeness (QED) is 0.610. The molecule has 1 unspecified atom stereocenters. The van der Waals surface area contributed by atoms with Crippen LogP contribution in [-0.2, 0) is 9.31 Å². The fraction of sp³-hybridized carbons (Fsp3) is 0.615. The van der Waals surface area contributed by atoms with Crippen LogP contribution in [0.25, 0.3) is 0 Å². The summed E-state index contributed by atoms with van der Waals surface area (Å²) >= 11 is 0. The lowest BCUT2D eigenvalue weighted by atomic mass is 9.79. The summed E-state index contributed by atoms with van der Waals surface area (Å²) in [6.45, 7) is 8.95. The van der Waals surface area contributed by atoms with E-state index in [1.54, 1.807) is 0 Å². The van der Waals surface area contributed by atoms with Crippen LogP contribution in [0.5, 0.6) is 0 Å². The van der Waals surface area contributed by atoms with E-state index in [2.05, 4.69) is 4.98 Å². The Morgan fingerprint density at radius 3 is 2.21 bits per heavy atom. The maximum atomic E-state index is 13.4. The Hall–Kier alpha value is -1.01. The molecule has 1 fully saturated rings. The number of pyridine rings is 1. The molecule has 0 N–H and O–H groups in total. The summed E-state index contributed by atoms with van der Waals surface area (Å²) in [6, 6.07) is 1.41. The van der Waals surface area contributed by atoms with Crippen LogP contribution >= 0.6 is 0 Å². The normalized spacial score (nSPS) is 22.6. The van der Waals surface area contributed by atoms with Crippen molar-refractivity contribution in [2.24, 2.45) is 0 Å². The Morgan fingerprint density at radius 2 is 1.74 bits per heavy atom. The van der Waals surface area contributed by atoms with E-state index in [1.165, 1.54) is 19.2 Å². The average molecular weight is 269 g/mol. The molecule has 1 aliphatic rings. The first-order valence-electron chi connectivity index (χ1n) is 6.29. The molecule has 1 aliphatic heterocycles. The van der Waals surface area contributed by atoms with Gasteiger partial charge >= 0.3 is 7.12 Å². The molecule has 2 rings (SSSR count). The summed E-state index contributed by atoms with van der Waals surface area (Å²) in [5.41, 5.74) is -0.534. The van der Waals surface area contributed by atoms with E-state index in [0.717, 1.165) is 0 Å². The average Bonchev–Trinajstić information content (AvgIpc) is 2.48. The first kappa shape index (κ1) is 14.4. The topological polar surface area (TPSA) is 31.4 Å². The van der Waals surface area contributed by atoms with Gasteiger partial charge in [-0.25, -0.2) is 9.37 Å². The predicted molar refractivity (Wildman–Crippen MR) is 69.4 cm³/mol. The lowest BCUT2D eigenvalue weighted by Gasteiger charge is -2.32. The summed E-state index contributed by atoms with van der Waals surface area (Å²) in [6.07, 6.45) is -0.0986. The minimum Gasteiger partial charge on any atom is -0.399 e. The van der Waals surface area contributed by atoms with Crippen molar-refractivity contribution in [1.82, 2.24) is 4.98 Å². The van der Waals surface area contributed by atoms with Crippen LogP contribution in [0.2, 0.25) is 0 Å². The fourth-order valence-electron chi connectivity index (χ4n) is 1.87. The largest absolute Gasteiger partial charge is 0.496 e. The number of nitrogens with zero attached hydrogens (tertiary/aromatic N) is 1. The number of hydrogen-bond donors (Lipinski definition) is 0. The van der Waals surface area contributed by atoms with Crippen molar-refractivity contribution in [2.45, 2.75) is 52.0 Å².